The molecule has 7 heteroatoms. The van der Waals surface area contributed by atoms with Crippen molar-refractivity contribution in [3.8, 4) is 5.75 Å². The number of phenolic OH excluding ortho intramolecular Hbond substituents is 1. The van der Waals surface area contributed by atoms with E-state index in [9.17, 15) is 24.0 Å². The van der Waals surface area contributed by atoms with E-state index < -0.39 is 27.1 Å². The fraction of sp³-hybridized carbons (Fsp3) is 0. The highest BCUT2D eigenvalue weighted by Crippen LogP contribution is 2.38. The SMILES string of the molecule is O=[N+]([O-])c1ccc(F)c(F)c1Sc1cccc(O)c1. The first-order valence-corrected chi connectivity index (χ1v) is 5.90. The van der Waals surface area contributed by atoms with Crippen molar-refractivity contribution in [2.24, 2.45) is 0 Å². The maximum absolute atomic E-state index is 13.6. The van der Waals surface area contributed by atoms with Gasteiger partial charge in [0.1, 0.15) is 10.6 Å². The third-order valence-electron chi connectivity index (χ3n) is 2.26. The molecule has 0 heterocycles. The second-order valence-corrected chi connectivity index (χ2v) is 4.65. The Hall–Kier alpha value is -2.15. The van der Waals surface area contributed by atoms with Gasteiger partial charge in [0, 0.05) is 11.0 Å². The molecular weight excluding hydrogens is 276 g/mol. The lowest BCUT2D eigenvalue weighted by molar-refractivity contribution is -0.388. The fourth-order valence-corrected chi connectivity index (χ4v) is 2.42. The van der Waals surface area contributed by atoms with Crippen LogP contribution in [0.4, 0.5) is 14.5 Å². The number of nitro benzene ring substituents is 1. The number of hydrogen-bond donors (Lipinski definition) is 1. The van der Waals surface area contributed by atoms with Crippen LogP contribution >= 0.6 is 11.8 Å². The van der Waals surface area contributed by atoms with Gasteiger partial charge in [0.15, 0.2) is 11.6 Å². The Labute approximate surface area is 110 Å². The van der Waals surface area contributed by atoms with Gasteiger partial charge in [0.25, 0.3) is 5.69 Å². The van der Waals surface area contributed by atoms with Crippen molar-refractivity contribution >= 4 is 17.4 Å². The average Bonchev–Trinajstić information content (AvgIpc) is 2.35. The van der Waals surface area contributed by atoms with Crippen molar-refractivity contribution in [1.82, 2.24) is 0 Å². The van der Waals surface area contributed by atoms with Crippen LogP contribution in [0, 0.1) is 21.7 Å². The molecule has 98 valence electrons. The van der Waals surface area contributed by atoms with Crippen molar-refractivity contribution in [1.29, 1.82) is 0 Å². The number of hydrogen-bond acceptors (Lipinski definition) is 4. The summed E-state index contributed by atoms with van der Waals surface area (Å²) < 4.78 is 26.8. The molecule has 0 amide bonds. The van der Waals surface area contributed by atoms with E-state index in [1.165, 1.54) is 24.3 Å². The smallest absolute Gasteiger partial charge is 0.286 e. The maximum Gasteiger partial charge on any atom is 0.286 e. The average molecular weight is 283 g/mol. The van der Waals surface area contributed by atoms with Gasteiger partial charge < -0.3 is 5.11 Å². The fourth-order valence-electron chi connectivity index (χ4n) is 1.43. The van der Waals surface area contributed by atoms with E-state index in [1.807, 2.05) is 0 Å². The van der Waals surface area contributed by atoms with Gasteiger partial charge >= 0.3 is 0 Å². The molecule has 0 aliphatic rings. The van der Waals surface area contributed by atoms with Crippen LogP contribution in [0.5, 0.6) is 5.75 Å². The van der Waals surface area contributed by atoms with Crippen LogP contribution in [-0.4, -0.2) is 10.0 Å². The monoisotopic (exact) mass is 283 g/mol. The molecule has 0 aromatic heterocycles. The van der Waals surface area contributed by atoms with E-state index in [-0.39, 0.29) is 5.75 Å². The van der Waals surface area contributed by atoms with Gasteiger partial charge in [-0.05, 0) is 24.3 Å². The molecule has 4 nitrogen and oxygen atoms in total. The van der Waals surface area contributed by atoms with E-state index >= 15 is 0 Å². The van der Waals surface area contributed by atoms with Crippen LogP contribution < -0.4 is 0 Å². The lowest BCUT2D eigenvalue weighted by Crippen LogP contribution is -1.96. The summed E-state index contributed by atoms with van der Waals surface area (Å²) in [7, 11) is 0. The number of nitrogens with zero attached hydrogens (tertiary/aromatic N) is 1. The Morgan fingerprint density at radius 3 is 2.58 bits per heavy atom. The van der Waals surface area contributed by atoms with Crippen molar-refractivity contribution in [3.63, 3.8) is 0 Å². The van der Waals surface area contributed by atoms with E-state index in [0.717, 1.165) is 6.07 Å². The van der Waals surface area contributed by atoms with Gasteiger partial charge in [-0.15, -0.1) is 0 Å². The zero-order valence-electron chi connectivity index (χ0n) is 9.34. The zero-order valence-corrected chi connectivity index (χ0v) is 10.2. The van der Waals surface area contributed by atoms with E-state index in [2.05, 4.69) is 0 Å². The van der Waals surface area contributed by atoms with E-state index in [4.69, 9.17) is 0 Å². The predicted octanol–water partition coefficient (Wildman–Crippen LogP) is 3.73. The van der Waals surface area contributed by atoms with Gasteiger partial charge in [0.05, 0.1) is 4.92 Å². The highest BCUT2D eigenvalue weighted by molar-refractivity contribution is 7.99. The van der Waals surface area contributed by atoms with Crippen LogP contribution in [-0.2, 0) is 0 Å². The summed E-state index contributed by atoms with van der Waals surface area (Å²) in [5.41, 5.74) is -0.521. The first-order valence-electron chi connectivity index (χ1n) is 5.08. The number of nitro groups is 1. The molecule has 0 fully saturated rings. The van der Waals surface area contributed by atoms with Crippen molar-refractivity contribution in [2.45, 2.75) is 9.79 Å². The molecule has 0 radical (unpaired) electrons. The summed E-state index contributed by atoms with van der Waals surface area (Å²) in [6.45, 7) is 0. The third-order valence-corrected chi connectivity index (χ3v) is 3.35. The molecule has 0 aliphatic carbocycles. The van der Waals surface area contributed by atoms with Crippen LogP contribution in [0.2, 0.25) is 0 Å². The molecule has 1 N–H and O–H groups in total. The summed E-state index contributed by atoms with van der Waals surface area (Å²) in [6.07, 6.45) is 0. The van der Waals surface area contributed by atoms with Crippen LogP contribution in [0.1, 0.15) is 0 Å². The number of rotatable bonds is 3. The Bertz CT molecular complexity index is 649. The molecule has 2 aromatic rings. The molecule has 0 unspecified atom stereocenters. The molecular formula is C12H7F2NO3S. The largest absolute Gasteiger partial charge is 0.508 e. The zero-order chi connectivity index (χ0) is 14.0. The van der Waals surface area contributed by atoms with Crippen molar-refractivity contribution in [2.75, 3.05) is 0 Å². The second kappa shape index (κ2) is 5.23. The molecule has 0 spiro atoms. The molecule has 0 aliphatic heterocycles. The lowest BCUT2D eigenvalue weighted by Gasteiger charge is -2.05. The Kier molecular flexibility index (Phi) is 3.66. The topological polar surface area (TPSA) is 63.4 Å². The van der Waals surface area contributed by atoms with E-state index in [1.54, 1.807) is 0 Å². The number of halogens is 2. The minimum atomic E-state index is -1.28. The quantitative estimate of drug-likeness (QED) is 0.688. The highest BCUT2D eigenvalue weighted by Gasteiger charge is 2.22. The summed E-state index contributed by atoms with van der Waals surface area (Å²) >= 11 is 0.681. The molecule has 0 saturated heterocycles. The van der Waals surface area contributed by atoms with Gasteiger partial charge in [-0.1, -0.05) is 17.8 Å². The third kappa shape index (κ3) is 2.82. The molecule has 2 aromatic carbocycles. The lowest BCUT2D eigenvalue weighted by atomic mass is 10.3. The van der Waals surface area contributed by atoms with E-state index in [0.29, 0.717) is 22.7 Å². The standard InChI is InChI=1S/C12H7F2NO3S/c13-9-4-5-10(15(17)18)12(11(9)14)19-8-3-1-2-7(16)6-8/h1-6,16H. The van der Waals surface area contributed by atoms with Gasteiger partial charge in [-0.2, -0.15) is 0 Å². The van der Waals surface area contributed by atoms with Crippen LogP contribution in [0.15, 0.2) is 46.2 Å². The summed E-state index contributed by atoms with van der Waals surface area (Å²) in [6, 6.07) is 7.35. The summed E-state index contributed by atoms with van der Waals surface area (Å²) in [5, 5.41) is 20.1. The molecule has 0 saturated carbocycles. The first-order chi connectivity index (χ1) is 8.99. The van der Waals surface area contributed by atoms with Gasteiger partial charge in [-0.25, -0.2) is 8.78 Å². The predicted molar refractivity (Wildman–Crippen MR) is 65.2 cm³/mol. The molecule has 0 bridgehead atoms. The number of benzene rings is 2. The Morgan fingerprint density at radius 2 is 1.95 bits per heavy atom. The first kappa shape index (κ1) is 13.3. The number of phenols is 1. The van der Waals surface area contributed by atoms with Crippen LogP contribution in [0.25, 0.3) is 0 Å². The summed E-state index contributed by atoms with van der Waals surface area (Å²) in [4.78, 5) is 9.96. The Morgan fingerprint density at radius 1 is 1.21 bits per heavy atom. The minimum absolute atomic E-state index is 0.0653. The molecule has 19 heavy (non-hydrogen) atoms. The minimum Gasteiger partial charge on any atom is -0.508 e. The molecule has 2 rings (SSSR count). The van der Waals surface area contributed by atoms with Crippen LogP contribution in [0.3, 0.4) is 0 Å². The highest BCUT2D eigenvalue weighted by atomic mass is 32.2. The maximum atomic E-state index is 13.6. The second-order valence-electron chi connectivity index (χ2n) is 3.57. The van der Waals surface area contributed by atoms with Gasteiger partial charge in [-0.3, -0.25) is 10.1 Å². The van der Waals surface area contributed by atoms with Gasteiger partial charge in [0.2, 0.25) is 0 Å². The number of aromatic hydroxyl groups is 1. The Balaban J connectivity index is 2.49. The molecule has 0 atom stereocenters. The van der Waals surface area contributed by atoms with Crippen molar-refractivity contribution < 1.29 is 18.8 Å². The normalized spacial score (nSPS) is 10.4. The van der Waals surface area contributed by atoms with Crippen molar-refractivity contribution in [3.05, 3.63) is 58.1 Å². The summed E-state index contributed by atoms with van der Waals surface area (Å²) in [5.74, 6) is -2.50.